The lowest BCUT2D eigenvalue weighted by Gasteiger charge is -2.00. The van der Waals surface area contributed by atoms with E-state index in [1.807, 2.05) is 0 Å². The van der Waals surface area contributed by atoms with Gasteiger partial charge in [-0.2, -0.15) is 4.73 Å². The molecule has 0 atom stereocenters. The minimum Gasteiger partial charge on any atom is -0.619 e. The number of nitrogens with zero attached hydrogens (tertiary/aromatic N) is 2. The first-order valence-corrected chi connectivity index (χ1v) is 5.42. The van der Waals surface area contributed by atoms with E-state index in [1.54, 1.807) is 0 Å². The average molecular weight is 275 g/mol. The van der Waals surface area contributed by atoms with Crippen molar-refractivity contribution in [3.63, 3.8) is 0 Å². The summed E-state index contributed by atoms with van der Waals surface area (Å²) >= 11 is 0. The molecule has 8 nitrogen and oxygen atoms in total. The van der Waals surface area contributed by atoms with E-state index in [2.05, 4.69) is 10.4 Å². The number of hydrogen-bond donors (Lipinski definition) is 4. The van der Waals surface area contributed by atoms with Gasteiger partial charge in [0.25, 0.3) is 0 Å². The fourth-order valence-corrected chi connectivity index (χ4v) is 1.16. The molecular formula is C12H13N5O3. The molecule has 2 rings (SSSR count). The second-order valence-electron chi connectivity index (χ2n) is 3.51. The minimum atomic E-state index is -0.919. The predicted molar refractivity (Wildman–Crippen MR) is 70.8 cm³/mol. The van der Waals surface area contributed by atoms with E-state index >= 15 is 0 Å². The molecule has 2 aromatic heterocycles. The first kappa shape index (κ1) is 15.1. The normalized spacial score (nSPS) is 9.05. The van der Waals surface area contributed by atoms with E-state index < -0.39 is 5.97 Å². The highest BCUT2D eigenvalue weighted by Crippen LogP contribution is 1.93. The topological polar surface area (TPSA) is 139 Å². The van der Waals surface area contributed by atoms with Crippen LogP contribution in [0.5, 0.6) is 0 Å². The maximum atomic E-state index is 10.5. The van der Waals surface area contributed by atoms with Gasteiger partial charge < -0.3 is 15.7 Å². The Morgan fingerprint density at radius 1 is 1.25 bits per heavy atom. The third-order valence-corrected chi connectivity index (χ3v) is 2.16. The Labute approximate surface area is 114 Å². The second-order valence-corrected chi connectivity index (χ2v) is 3.51. The van der Waals surface area contributed by atoms with Gasteiger partial charge in [0.2, 0.25) is 0 Å². The molecule has 0 aromatic carbocycles. The summed E-state index contributed by atoms with van der Waals surface area (Å²) in [6.45, 7) is 0. The Kier molecular flexibility index (Phi) is 5.60. The first-order valence-electron chi connectivity index (χ1n) is 5.42. The molecule has 0 fully saturated rings. The summed E-state index contributed by atoms with van der Waals surface area (Å²) in [6.07, 6.45) is 5.51. The van der Waals surface area contributed by atoms with E-state index in [9.17, 15) is 10.0 Å². The van der Waals surface area contributed by atoms with Crippen LogP contribution in [0.1, 0.15) is 15.9 Å². The predicted octanol–water partition coefficient (Wildman–Crippen LogP) is -0.112. The van der Waals surface area contributed by atoms with Crippen LogP contribution < -0.4 is 16.0 Å². The van der Waals surface area contributed by atoms with Gasteiger partial charge in [-0.15, -0.1) is 0 Å². The van der Waals surface area contributed by atoms with Crippen molar-refractivity contribution < 1.29 is 14.6 Å². The van der Waals surface area contributed by atoms with Crippen LogP contribution in [0.15, 0.2) is 49.1 Å². The van der Waals surface area contributed by atoms with E-state index in [4.69, 9.17) is 16.4 Å². The summed E-state index contributed by atoms with van der Waals surface area (Å²) in [4.78, 5) is 13.8. The maximum absolute atomic E-state index is 10.5. The van der Waals surface area contributed by atoms with Gasteiger partial charge in [-0.3, -0.25) is 10.4 Å². The number of rotatable bonds is 2. The molecule has 0 aliphatic carbocycles. The van der Waals surface area contributed by atoms with Gasteiger partial charge in [-0.25, -0.2) is 10.6 Å². The van der Waals surface area contributed by atoms with E-state index in [-0.39, 0.29) is 11.4 Å². The molecule has 5 N–H and O–H groups in total. The second kappa shape index (κ2) is 7.44. The number of aromatic nitrogens is 2. The van der Waals surface area contributed by atoms with Gasteiger partial charge in [-0.05, 0) is 12.1 Å². The molecule has 0 spiro atoms. The number of amidine groups is 1. The summed E-state index contributed by atoms with van der Waals surface area (Å²) in [7, 11) is 0. The zero-order valence-corrected chi connectivity index (χ0v) is 10.4. The molecule has 0 unspecified atom stereocenters. The van der Waals surface area contributed by atoms with Crippen LogP contribution in [-0.2, 0) is 0 Å². The number of nitrogens with one attached hydrogen (secondary N) is 2. The van der Waals surface area contributed by atoms with Crippen molar-refractivity contribution >= 4 is 11.8 Å². The smallest absolute Gasteiger partial charge is 0.335 e. The summed E-state index contributed by atoms with van der Waals surface area (Å²) < 4.78 is 0.646. The van der Waals surface area contributed by atoms with Crippen molar-refractivity contribution in [3.05, 3.63) is 65.4 Å². The van der Waals surface area contributed by atoms with Crippen molar-refractivity contribution in [2.24, 2.45) is 5.84 Å². The number of hydrazine groups is 1. The van der Waals surface area contributed by atoms with E-state index in [0.29, 0.717) is 10.3 Å². The monoisotopic (exact) mass is 275 g/mol. The molecule has 0 bridgehead atoms. The standard InChI is InChI=1S/C6H8N4O.C6H5NO2/c7-6(9-8)5-1-3-10(11)4-2-5;8-6(9)5-1-3-7-4-2-5/h1-4H,8H2,(H2,7,9);1-4H,(H,8,9). The fourth-order valence-electron chi connectivity index (χ4n) is 1.16. The lowest BCUT2D eigenvalue weighted by Crippen LogP contribution is -2.31. The van der Waals surface area contributed by atoms with Crippen LogP contribution in [0, 0.1) is 10.6 Å². The van der Waals surface area contributed by atoms with Crippen LogP contribution in [0.4, 0.5) is 0 Å². The maximum Gasteiger partial charge on any atom is 0.335 e. The zero-order valence-electron chi connectivity index (χ0n) is 10.4. The Morgan fingerprint density at radius 2 is 1.80 bits per heavy atom. The first-order chi connectivity index (χ1) is 9.54. The quantitative estimate of drug-likeness (QED) is 0.150. The summed E-state index contributed by atoms with van der Waals surface area (Å²) in [6, 6.07) is 5.91. The number of carbonyl (C=O) groups is 1. The lowest BCUT2D eigenvalue weighted by atomic mass is 10.2. The highest BCUT2D eigenvalue weighted by Gasteiger charge is 1.98. The number of carboxylic acid groups (broad SMARTS) is 1. The highest BCUT2D eigenvalue weighted by atomic mass is 16.5. The van der Waals surface area contributed by atoms with Crippen LogP contribution >= 0.6 is 0 Å². The Hall–Kier alpha value is -3.00. The molecule has 0 amide bonds. The van der Waals surface area contributed by atoms with Crippen LogP contribution in [0.2, 0.25) is 0 Å². The van der Waals surface area contributed by atoms with E-state index in [0.717, 1.165) is 0 Å². The molecular weight excluding hydrogens is 262 g/mol. The summed E-state index contributed by atoms with van der Waals surface area (Å²) in [5.74, 6) is 4.15. The van der Waals surface area contributed by atoms with Crippen LogP contribution in [-0.4, -0.2) is 21.9 Å². The molecule has 2 heterocycles. The molecule has 2 aromatic rings. The van der Waals surface area contributed by atoms with Gasteiger partial charge in [-0.1, -0.05) is 0 Å². The number of carboxylic acids is 1. The number of nitrogens with two attached hydrogens (primary N) is 1. The fraction of sp³-hybridized carbons (Fsp3) is 0. The van der Waals surface area contributed by atoms with Crippen LogP contribution in [0.25, 0.3) is 0 Å². The van der Waals surface area contributed by atoms with Crippen molar-refractivity contribution in [1.29, 1.82) is 5.41 Å². The van der Waals surface area contributed by atoms with Crippen molar-refractivity contribution in [2.75, 3.05) is 0 Å². The molecule has 104 valence electrons. The number of aromatic carboxylic acids is 1. The third kappa shape index (κ3) is 4.70. The highest BCUT2D eigenvalue weighted by molar-refractivity contribution is 5.95. The lowest BCUT2D eigenvalue weighted by molar-refractivity contribution is -0.605. The molecule has 8 heteroatoms. The van der Waals surface area contributed by atoms with Crippen LogP contribution in [0.3, 0.4) is 0 Å². The Morgan fingerprint density at radius 3 is 2.20 bits per heavy atom. The molecule has 0 aliphatic heterocycles. The van der Waals surface area contributed by atoms with Crippen molar-refractivity contribution in [3.8, 4) is 0 Å². The van der Waals surface area contributed by atoms with Crippen molar-refractivity contribution in [1.82, 2.24) is 10.4 Å². The number of hydrogen-bond acceptors (Lipinski definition) is 5. The molecule has 20 heavy (non-hydrogen) atoms. The zero-order chi connectivity index (χ0) is 15.0. The molecule has 0 saturated heterocycles. The van der Waals surface area contributed by atoms with E-state index in [1.165, 1.54) is 49.1 Å². The van der Waals surface area contributed by atoms with Crippen molar-refractivity contribution in [2.45, 2.75) is 0 Å². The minimum absolute atomic E-state index is 0.0885. The molecule has 0 aliphatic rings. The van der Waals surface area contributed by atoms with Gasteiger partial charge in [0.05, 0.1) is 5.56 Å². The Balaban J connectivity index is 0.000000204. The summed E-state index contributed by atoms with van der Waals surface area (Å²) in [5, 5.41) is 26.1. The molecule has 0 radical (unpaired) electrons. The Bertz CT molecular complexity index is 571. The number of pyridine rings is 2. The average Bonchev–Trinajstić information content (AvgIpc) is 2.49. The largest absolute Gasteiger partial charge is 0.619 e. The van der Waals surface area contributed by atoms with Gasteiger partial charge >= 0.3 is 5.97 Å². The van der Waals surface area contributed by atoms with Gasteiger partial charge in [0, 0.05) is 30.1 Å². The molecule has 0 saturated carbocycles. The SMILES string of the molecule is N=C(NN)c1cc[n+]([O-])cc1.O=C(O)c1ccncc1. The third-order valence-electron chi connectivity index (χ3n) is 2.16. The van der Waals surface area contributed by atoms with Gasteiger partial charge in [0.1, 0.15) is 5.84 Å². The summed E-state index contributed by atoms with van der Waals surface area (Å²) in [5.41, 5.74) is 3.02. The van der Waals surface area contributed by atoms with Gasteiger partial charge in [0.15, 0.2) is 12.4 Å².